The number of hydrogen-bond acceptors (Lipinski definition) is 2. The molecule has 0 bridgehead atoms. The van der Waals surface area contributed by atoms with Crippen LogP contribution >= 0.6 is 0 Å². The molecule has 2 heteroatoms. The summed E-state index contributed by atoms with van der Waals surface area (Å²) in [6, 6.07) is 33.8. The fraction of sp³-hybridized carbons (Fsp3) is 0. The zero-order valence-corrected chi connectivity index (χ0v) is 15.1. The first kappa shape index (κ1) is 15.3. The molecule has 0 unspecified atom stereocenters. The number of benzene rings is 5. The van der Waals surface area contributed by atoms with Crippen LogP contribution in [0.3, 0.4) is 0 Å². The zero-order chi connectivity index (χ0) is 18.5. The predicted octanol–water partition coefficient (Wildman–Crippen LogP) is 7.67. The summed E-state index contributed by atoms with van der Waals surface area (Å²) < 4.78 is 11.0. The summed E-state index contributed by atoms with van der Waals surface area (Å²) in [5.74, 6) is 0. The van der Waals surface area contributed by atoms with Crippen LogP contribution in [0.15, 0.2) is 106 Å². The quantitative estimate of drug-likeness (QED) is 0.234. The van der Waals surface area contributed by atoms with Crippen LogP contribution in [0.5, 0.6) is 0 Å². The topological polar surface area (TPSA) is 26.3 Å². The van der Waals surface area contributed by atoms with Gasteiger partial charge in [-0.1, -0.05) is 84.9 Å². The Balaban J connectivity index is 1.85. The summed E-state index contributed by atoms with van der Waals surface area (Å²) in [5.41, 5.74) is 6.17. The second kappa shape index (κ2) is 5.86. The molecule has 0 aliphatic heterocycles. The summed E-state index contributed by atoms with van der Waals surface area (Å²) in [5, 5.41) is 4.66. The van der Waals surface area contributed by atoms with E-state index in [1.807, 2.05) is 12.1 Å². The van der Waals surface area contributed by atoms with Crippen LogP contribution in [0.1, 0.15) is 0 Å². The molecule has 1 heterocycles. The Kier molecular flexibility index (Phi) is 3.20. The average molecular weight is 360 g/mol. The van der Waals surface area contributed by atoms with Crippen LogP contribution in [-0.2, 0) is 0 Å². The van der Waals surface area contributed by atoms with Crippen molar-refractivity contribution in [3.63, 3.8) is 0 Å². The van der Waals surface area contributed by atoms with E-state index >= 15 is 0 Å². The Morgan fingerprint density at radius 2 is 0.929 bits per heavy atom. The van der Waals surface area contributed by atoms with Gasteiger partial charge in [0.2, 0.25) is 11.2 Å². The van der Waals surface area contributed by atoms with Crippen molar-refractivity contribution in [1.82, 2.24) is 0 Å². The fourth-order valence-electron chi connectivity index (χ4n) is 4.12. The van der Waals surface area contributed by atoms with E-state index in [1.165, 1.54) is 27.3 Å². The van der Waals surface area contributed by atoms with Crippen molar-refractivity contribution in [3.05, 3.63) is 97.1 Å². The maximum absolute atomic E-state index is 5.54. The molecule has 6 aromatic rings. The molecule has 0 amide bonds. The summed E-state index contributed by atoms with van der Waals surface area (Å²) in [7, 11) is 0. The lowest BCUT2D eigenvalue weighted by Crippen LogP contribution is -1.93. The van der Waals surface area contributed by atoms with Crippen LogP contribution < -0.4 is 0 Å². The van der Waals surface area contributed by atoms with Crippen molar-refractivity contribution in [2.24, 2.45) is 0 Å². The van der Waals surface area contributed by atoms with Crippen molar-refractivity contribution < 1.29 is 9.15 Å². The van der Waals surface area contributed by atoms with Gasteiger partial charge in [-0.25, -0.2) is 0 Å². The van der Waals surface area contributed by atoms with Crippen molar-refractivity contribution in [3.8, 4) is 22.3 Å². The van der Waals surface area contributed by atoms with Gasteiger partial charge >= 0.3 is 0 Å². The molecule has 5 aromatic carbocycles. The number of fused-ring (bicyclic) bond motifs is 4. The Morgan fingerprint density at radius 1 is 0.429 bits per heavy atom. The zero-order valence-electron chi connectivity index (χ0n) is 15.1. The summed E-state index contributed by atoms with van der Waals surface area (Å²) in [6.07, 6.45) is 0. The lowest BCUT2D eigenvalue weighted by Gasteiger charge is -2.17. The van der Waals surface area contributed by atoms with Crippen molar-refractivity contribution in [2.45, 2.75) is 0 Å². The molecule has 0 saturated heterocycles. The van der Waals surface area contributed by atoms with Crippen LogP contribution in [0.4, 0.5) is 0 Å². The summed E-state index contributed by atoms with van der Waals surface area (Å²) >= 11 is 0. The van der Waals surface area contributed by atoms with E-state index in [4.69, 9.17) is 9.15 Å². The van der Waals surface area contributed by atoms with Gasteiger partial charge in [0.15, 0.2) is 0 Å². The standard InChI is InChI=1S/C26H16O2/c1-3-9-17(10-4-1)23-21-15-19-13-7-8-14-20(19)16-22(21)25-26(28-27-25)24(23)18-11-5-2-6-12-18/h1-16H. The number of hydrogen-bond donors (Lipinski definition) is 0. The molecular formula is C26H16O2. The first-order valence-electron chi connectivity index (χ1n) is 9.38. The molecule has 0 spiro atoms. The third-order valence-electron chi connectivity index (χ3n) is 5.42. The molecule has 1 aromatic heterocycles. The molecule has 28 heavy (non-hydrogen) atoms. The van der Waals surface area contributed by atoms with Gasteiger partial charge in [-0.05, 0) is 39.4 Å². The highest BCUT2D eigenvalue weighted by molar-refractivity contribution is 6.21. The van der Waals surface area contributed by atoms with Crippen LogP contribution in [0.25, 0.3) is 55.0 Å². The van der Waals surface area contributed by atoms with Gasteiger partial charge in [-0.15, -0.1) is 0 Å². The third kappa shape index (κ3) is 2.15. The Hall–Kier alpha value is -3.78. The Labute approximate surface area is 161 Å². The van der Waals surface area contributed by atoms with Crippen LogP contribution in [0.2, 0.25) is 0 Å². The van der Waals surface area contributed by atoms with E-state index in [0.29, 0.717) is 0 Å². The fourth-order valence-corrected chi connectivity index (χ4v) is 4.12. The maximum atomic E-state index is 5.54. The normalized spacial score (nSPS) is 11.6. The molecule has 0 atom stereocenters. The van der Waals surface area contributed by atoms with E-state index in [9.17, 15) is 0 Å². The van der Waals surface area contributed by atoms with Gasteiger partial charge in [0.1, 0.15) is 0 Å². The van der Waals surface area contributed by atoms with Crippen LogP contribution in [-0.4, -0.2) is 0 Å². The monoisotopic (exact) mass is 360 g/mol. The molecule has 6 rings (SSSR count). The van der Waals surface area contributed by atoms with E-state index < -0.39 is 0 Å². The van der Waals surface area contributed by atoms with E-state index in [-0.39, 0.29) is 0 Å². The summed E-state index contributed by atoms with van der Waals surface area (Å²) in [4.78, 5) is 0. The predicted molar refractivity (Wildman–Crippen MR) is 114 cm³/mol. The van der Waals surface area contributed by atoms with Gasteiger partial charge < -0.3 is 0 Å². The van der Waals surface area contributed by atoms with Crippen molar-refractivity contribution in [2.75, 3.05) is 0 Å². The highest BCUT2D eigenvalue weighted by Gasteiger charge is 2.24. The van der Waals surface area contributed by atoms with E-state index in [0.717, 1.165) is 27.7 Å². The van der Waals surface area contributed by atoms with Crippen LogP contribution in [0, 0.1) is 0 Å². The summed E-state index contributed by atoms with van der Waals surface area (Å²) in [6.45, 7) is 0. The maximum Gasteiger partial charge on any atom is 0.234 e. The smallest absolute Gasteiger partial charge is 0.234 e. The Bertz CT molecular complexity index is 1440. The average Bonchev–Trinajstić information content (AvgIpc) is 2.73. The highest BCUT2D eigenvalue weighted by atomic mass is 17.0. The molecule has 0 N–H and O–H groups in total. The van der Waals surface area contributed by atoms with E-state index in [2.05, 4.69) is 84.9 Å². The lowest BCUT2D eigenvalue weighted by atomic mass is 9.87. The molecule has 0 fully saturated rings. The largest absolute Gasteiger partial charge is 0.285 e. The van der Waals surface area contributed by atoms with Gasteiger partial charge in [-0.3, -0.25) is 9.15 Å². The first-order valence-corrected chi connectivity index (χ1v) is 9.38. The lowest BCUT2D eigenvalue weighted by molar-refractivity contribution is 0.0609. The van der Waals surface area contributed by atoms with Gasteiger partial charge in [-0.2, -0.15) is 0 Å². The molecule has 0 radical (unpaired) electrons. The Morgan fingerprint density at radius 3 is 1.50 bits per heavy atom. The molecule has 0 aliphatic rings. The molecular weight excluding hydrogens is 344 g/mol. The van der Waals surface area contributed by atoms with E-state index in [1.54, 1.807) is 0 Å². The van der Waals surface area contributed by atoms with Crippen molar-refractivity contribution >= 4 is 32.7 Å². The SMILES string of the molecule is c1ccc(-c2c(-c3ccccc3)c3ooc3c3cc4ccccc4cc23)cc1. The molecule has 0 saturated carbocycles. The minimum Gasteiger partial charge on any atom is -0.285 e. The first-order chi connectivity index (χ1) is 13.9. The van der Waals surface area contributed by atoms with Gasteiger partial charge in [0, 0.05) is 16.5 Å². The van der Waals surface area contributed by atoms with Gasteiger partial charge in [0.05, 0.1) is 0 Å². The number of rotatable bonds is 2. The molecule has 132 valence electrons. The highest BCUT2D eigenvalue weighted by Crippen LogP contribution is 2.46. The minimum atomic E-state index is 0.813. The molecule has 2 nitrogen and oxygen atoms in total. The minimum absolute atomic E-state index is 0.813. The van der Waals surface area contributed by atoms with Crippen molar-refractivity contribution in [1.29, 1.82) is 0 Å². The molecule has 0 aliphatic carbocycles. The second-order valence-electron chi connectivity index (χ2n) is 7.05. The third-order valence-corrected chi connectivity index (χ3v) is 5.42. The van der Waals surface area contributed by atoms with Gasteiger partial charge in [0.25, 0.3) is 0 Å². The second-order valence-corrected chi connectivity index (χ2v) is 7.05.